The zero-order chi connectivity index (χ0) is 9.31. The fraction of sp³-hybridized carbons (Fsp3) is 0.909. The summed E-state index contributed by atoms with van der Waals surface area (Å²) < 4.78 is 0. The van der Waals surface area contributed by atoms with Crippen molar-refractivity contribution in [2.24, 2.45) is 5.41 Å². The van der Waals surface area contributed by atoms with E-state index in [1.165, 1.54) is 0 Å². The highest BCUT2D eigenvalue weighted by molar-refractivity contribution is 5.79. The largest absolute Gasteiger partial charge is 0.393 e. The van der Waals surface area contributed by atoms with Crippen molar-refractivity contribution >= 4 is 5.78 Å². The third-order valence-corrected chi connectivity index (χ3v) is 3.79. The minimum Gasteiger partial charge on any atom is -0.393 e. The van der Waals surface area contributed by atoms with Crippen LogP contribution in [0.5, 0.6) is 0 Å². The molecule has 2 atom stereocenters. The van der Waals surface area contributed by atoms with E-state index in [-0.39, 0.29) is 11.5 Å². The molecule has 0 saturated heterocycles. The summed E-state index contributed by atoms with van der Waals surface area (Å²) in [5.41, 5.74) is -0.00637. The van der Waals surface area contributed by atoms with Crippen LogP contribution in [0.3, 0.4) is 0 Å². The standard InChI is InChI=1S/C11H18O2/c12-9-4-1-2-6-11(8-9)7-3-5-10(11)13/h10,13H,1-8H2. The van der Waals surface area contributed by atoms with E-state index in [1.54, 1.807) is 0 Å². The third-order valence-electron chi connectivity index (χ3n) is 3.79. The lowest BCUT2D eigenvalue weighted by Gasteiger charge is -2.30. The van der Waals surface area contributed by atoms with Crippen LogP contribution >= 0.6 is 0 Å². The van der Waals surface area contributed by atoms with Crippen LogP contribution in [0, 0.1) is 5.41 Å². The van der Waals surface area contributed by atoms with Gasteiger partial charge in [0.25, 0.3) is 0 Å². The maximum atomic E-state index is 11.5. The molecular formula is C11H18O2. The second-order valence-electron chi connectivity index (χ2n) is 4.69. The Bertz CT molecular complexity index is 212. The summed E-state index contributed by atoms with van der Waals surface area (Å²) in [7, 11) is 0. The van der Waals surface area contributed by atoms with Gasteiger partial charge in [-0.1, -0.05) is 12.8 Å². The highest BCUT2D eigenvalue weighted by Gasteiger charge is 2.43. The van der Waals surface area contributed by atoms with Crippen molar-refractivity contribution in [1.29, 1.82) is 0 Å². The summed E-state index contributed by atoms with van der Waals surface area (Å²) >= 11 is 0. The molecule has 2 aliphatic carbocycles. The van der Waals surface area contributed by atoms with Crippen molar-refractivity contribution < 1.29 is 9.90 Å². The summed E-state index contributed by atoms with van der Waals surface area (Å²) in [5, 5.41) is 9.90. The van der Waals surface area contributed by atoms with Gasteiger partial charge in [-0.05, 0) is 25.7 Å². The molecule has 13 heavy (non-hydrogen) atoms. The normalized spacial score (nSPS) is 41.0. The first-order valence-corrected chi connectivity index (χ1v) is 5.43. The Morgan fingerprint density at radius 1 is 1.23 bits per heavy atom. The van der Waals surface area contributed by atoms with Gasteiger partial charge in [0.1, 0.15) is 5.78 Å². The Balaban J connectivity index is 2.14. The van der Waals surface area contributed by atoms with Crippen LogP contribution in [0.25, 0.3) is 0 Å². The summed E-state index contributed by atoms with van der Waals surface area (Å²) in [6.07, 6.45) is 7.51. The number of rotatable bonds is 0. The van der Waals surface area contributed by atoms with E-state index in [9.17, 15) is 9.90 Å². The molecule has 2 nitrogen and oxygen atoms in total. The third kappa shape index (κ3) is 1.64. The highest BCUT2D eigenvalue weighted by Crippen LogP contribution is 2.47. The monoisotopic (exact) mass is 182 g/mol. The lowest BCUT2D eigenvalue weighted by molar-refractivity contribution is -0.122. The molecule has 0 amide bonds. The molecular weight excluding hydrogens is 164 g/mol. The minimum atomic E-state index is -0.199. The van der Waals surface area contributed by atoms with Crippen LogP contribution in [-0.2, 0) is 4.79 Å². The van der Waals surface area contributed by atoms with E-state index in [2.05, 4.69) is 0 Å². The van der Waals surface area contributed by atoms with Gasteiger partial charge < -0.3 is 5.11 Å². The molecule has 0 radical (unpaired) electrons. The second kappa shape index (κ2) is 3.41. The topological polar surface area (TPSA) is 37.3 Å². The zero-order valence-corrected chi connectivity index (χ0v) is 8.09. The number of ketones is 1. The van der Waals surface area contributed by atoms with E-state index in [4.69, 9.17) is 0 Å². The fourth-order valence-corrected chi connectivity index (χ4v) is 2.99. The first-order valence-electron chi connectivity index (χ1n) is 5.43. The van der Waals surface area contributed by atoms with E-state index in [0.717, 1.165) is 44.9 Å². The number of hydrogen-bond donors (Lipinski definition) is 1. The molecule has 2 unspecified atom stereocenters. The van der Waals surface area contributed by atoms with Gasteiger partial charge in [-0.2, -0.15) is 0 Å². The number of carbonyl (C=O) groups excluding carboxylic acids is 1. The van der Waals surface area contributed by atoms with Crippen molar-refractivity contribution in [3.05, 3.63) is 0 Å². The second-order valence-corrected chi connectivity index (χ2v) is 4.69. The van der Waals surface area contributed by atoms with Gasteiger partial charge in [-0.15, -0.1) is 0 Å². The van der Waals surface area contributed by atoms with Gasteiger partial charge in [0.05, 0.1) is 6.10 Å². The molecule has 74 valence electrons. The van der Waals surface area contributed by atoms with Crippen LogP contribution in [0.15, 0.2) is 0 Å². The van der Waals surface area contributed by atoms with E-state index >= 15 is 0 Å². The van der Waals surface area contributed by atoms with Gasteiger partial charge in [0.2, 0.25) is 0 Å². The molecule has 0 aromatic rings. The molecule has 0 aliphatic heterocycles. The van der Waals surface area contributed by atoms with Crippen LogP contribution in [0.4, 0.5) is 0 Å². The number of carbonyl (C=O) groups is 1. The van der Waals surface area contributed by atoms with Crippen LogP contribution < -0.4 is 0 Å². The predicted octanol–water partition coefficient (Wildman–Crippen LogP) is 2.05. The number of hydrogen-bond acceptors (Lipinski definition) is 2. The molecule has 0 aromatic carbocycles. The van der Waals surface area contributed by atoms with Gasteiger partial charge >= 0.3 is 0 Å². The first-order chi connectivity index (χ1) is 6.23. The Hall–Kier alpha value is -0.370. The minimum absolute atomic E-state index is 0.00637. The van der Waals surface area contributed by atoms with E-state index < -0.39 is 0 Å². The summed E-state index contributed by atoms with van der Waals surface area (Å²) in [4.78, 5) is 11.5. The van der Waals surface area contributed by atoms with Crippen LogP contribution in [0.2, 0.25) is 0 Å². The Labute approximate surface area is 79.3 Å². The first kappa shape index (κ1) is 9.20. The fourth-order valence-electron chi connectivity index (χ4n) is 2.99. The van der Waals surface area contributed by atoms with E-state index in [1.807, 2.05) is 0 Å². The van der Waals surface area contributed by atoms with Crippen molar-refractivity contribution in [3.63, 3.8) is 0 Å². The summed E-state index contributed by atoms with van der Waals surface area (Å²) in [6.45, 7) is 0. The lowest BCUT2D eigenvalue weighted by Crippen LogP contribution is -2.31. The molecule has 1 spiro atoms. The average Bonchev–Trinajstić information content (AvgIpc) is 2.34. The maximum Gasteiger partial charge on any atom is 0.133 e. The van der Waals surface area contributed by atoms with Crippen molar-refractivity contribution in [3.8, 4) is 0 Å². The average molecular weight is 182 g/mol. The lowest BCUT2D eigenvalue weighted by atomic mass is 9.77. The molecule has 2 fully saturated rings. The van der Waals surface area contributed by atoms with Gasteiger partial charge in [-0.3, -0.25) is 4.79 Å². The number of aliphatic hydroxyl groups excluding tert-OH is 1. The Kier molecular flexibility index (Phi) is 2.41. The van der Waals surface area contributed by atoms with Crippen molar-refractivity contribution in [1.82, 2.24) is 0 Å². The van der Waals surface area contributed by atoms with Crippen molar-refractivity contribution in [2.75, 3.05) is 0 Å². The molecule has 2 heteroatoms. The summed E-state index contributed by atoms with van der Waals surface area (Å²) in [5.74, 6) is 0.374. The summed E-state index contributed by atoms with van der Waals surface area (Å²) in [6, 6.07) is 0. The maximum absolute atomic E-state index is 11.5. The smallest absolute Gasteiger partial charge is 0.133 e. The molecule has 2 saturated carbocycles. The molecule has 0 bridgehead atoms. The van der Waals surface area contributed by atoms with Gasteiger partial charge in [0.15, 0.2) is 0 Å². The predicted molar refractivity (Wildman–Crippen MR) is 50.4 cm³/mol. The molecule has 0 heterocycles. The zero-order valence-electron chi connectivity index (χ0n) is 8.09. The van der Waals surface area contributed by atoms with Crippen molar-refractivity contribution in [2.45, 2.75) is 57.5 Å². The quantitative estimate of drug-likeness (QED) is 0.622. The number of Topliss-reactive ketones (excluding diaryl/α,β-unsaturated/α-hetero) is 1. The van der Waals surface area contributed by atoms with Crippen LogP contribution in [-0.4, -0.2) is 17.0 Å². The molecule has 0 aromatic heterocycles. The highest BCUT2D eigenvalue weighted by atomic mass is 16.3. The SMILES string of the molecule is O=C1CCCCC2(CCCC2O)C1. The molecule has 2 rings (SSSR count). The van der Waals surface area contributed by atoms with Gasteiger partial charge in [0, 0.05) is 18.3 Å². The molecule has 2 aliphatic rings. The molecule has 1 N–H and O–H groups in total. The van der Waals surface area contributed by atoms with Gasteiger partial charge in [-0.25, -0.2) is 0 Å². The van der Waals surface area contributed by atoms with E-state index in [0.29, 0.717) is 12.2 Å². The Morgan fingerprint density at radius 3 is 2.69 bits per heavy atom. The number of aliphatic hydroxyl groups is 1. The Morgan fingerprint density at radius 2 is 2.00 bits per heavy atom. The van der Waals surface area contributed by atoms with Crippen LogP contribution in [0.1, 0.15) is 51.4 Å².